The van der Waals surface area contributed by atoms with Gasteiger partial charge in [-0.05, 0) is 30.3 Å². The standard InChI is InChI=1S/C12H14N4/c13-9-6-7-11(14)12(8-9)16(15)10-4-2-1-3-5-10/h1-8H,13-15H2. The zero-order valence-electron chi connectivity index (χ0n) is 8.80. The van der Waals surface area contributed by atoms with Crippen molar-refractivity contribution in [1.29, 1.82) is 0 Å². The summed E-state index contributed by atoms with van der Waals surface area (Å²) in [7, 11) is 0. The van der Waals surface area contributed by atoms with Crippen LogP contribution >= 0.6 is 0 Å². The first-order valence-corrected chi connectivity index (χ1v) is 4.93. The Morgan fingerprint density at radius 1 is 0.875 bits per heavy atom. The molecule has 0 unspecified atom stereocenters. The first-order valence-electron chi connectivity index (χ1n) is 4.93. The monoisotopic (exact) mass is 214 g/mol. The Morgan fingerprint density at radius 3 is 2.25 bits per heavy atom. The van der Waals surface area contributed by atoms with Gasteiger partial charge in [-0.3, -0.25) is 5.01 Å². The van der Waals surface area contributed by atoms with Crippen molar-refractivity contribution < 1.29 is 0 Å². The van der Waals surface area contributed by atoms with Crippen LogP contribution in [-0.2, 0) is 0 Å². The summed E-state index contributed by atoms with van der Waals surface area (Å²) in [4.78, 5) is 0. The Kier molecular flexibility index (Phi) is 2.66. The second kappa shape index (κ2) is 4.12. The Morgan fingerprint density at radius 2 is 1.56 bits per heavy atom. The lowest BCUT2D eigenvalue weighted by atomic mass is 10.2. The summed E-state index contributed by atoms with van der Waals surface area (Å²) in [5.41, 5.74) is 14.3. The minimum Gasteiger partial charge on any atom is -0.399 e. The second-order valence-corrected chi connectivity index (χ2v) is 3.52. The minimum absolute atomic E-state index is 0.598. The minimum atomic E-state index is 0.598. The number of nitrogens with two attached hydrogens (primary N) is 3. The van der Waals surface area contributed by atoms with Crippen LogP contribution in [0, 0.1) is 0 Å². The molecule has 0 saturated heterocycles. The van der Waals surface area contributed by atoms with Crippen molar-refractivity contribution in [3.05, 3.63) is 48.5 Å². The number of nitrogen functional groups attached to an aromatic ring is 2. The summed E-state index contributed by atoms with van der Waals surface area (Å²) >= 11 is 0. The lowest BCUT2D eigenvalue weighted by Gasteiger charge is -2.20. The number of hydrogen-bond acceptors (Lipinski definition) is 4. The van der Waals surface area contributed by atoms with Crippen molar-refractivity contribution in [2.45, 2.75) is 0 Å². The molecule has 16 heavy (non-hydrogen) atoms. The number of hydrogen-bond donors (Lipinski definition) is 3. The predicted molar refractivity (Wildman–Crippen MR) is 68.0 cm³/mol. The van der Waals surface area contributed by atoms with Gasteiger partial charge in [-0.1, -0.05) is 18.2 Å². The maximum atomic E-state index is 5.98. The van der Waals surface area contributed by atoms with E-state index >= 15 is 0 Å². The number of rotatable bonds is 2. The molecule has 2 aromatic carbocycles. The van der Waals surface area contributed by atoms with Gasteiger partial charge in [0, 0.05) is 5.69 Å². The zero-order valence-corrected chi connectivity index (χ0v) is 8.80. The van der Waals surface area contributed by atoms with Crippen LogP contribution in [0.15, 0.2) is 48.5 Å². The van der Waals surface area contributed by atoms with E-state index in [1.165, 1.54) is 5.01 Å². The summed E-state index contributed by atoms with van der Waals surface area (Å²) in [5, 5.41) is 1.52. The van der Waals surface area contributed by atoms with E-state index in [1.807, 2.05) is 30.3 Å². The third-order valence-electron chi connectivity index (χ3n) is 2.35. The van der Waals surface area contributed by atoms with Crippen molar-refractivity contribution in [2.75, 3.05) is 16.5 Å². The molecule has 0 amide bonds. The highest BCUT2D eigenvalue weighted by Crippen LogP contribution is 2.28. The number of nitrogens with zero attached hydrogens (tertiary/aromatic N) is 1. The van der Waals surface area contributed by atoms with Gasteiger partial charge in [-0.2, -0.15) is 0 Å². The van der Waals surface area contributed by atoms with E-state index in [1.54, 1.807) is 18.2 Å². The highest BCUT2D eigenvalue weighted by molar-refractivity contribution is 5.76. The van der Waals surface area contributed by atoms with Crippen LogP contribution in [0.5, 0.6) is 0 Å². The van der Waals surface area contributed by atoms with E-state index in [0.717, 1.165) is 5.69 Å². The van der Waals surface area contributed by atoms with Crippen molar-refractivity contribution in [2.24, 2.45) is 5.84 Å². The molecule has 4 heteroatoms. The Balaban J connectivity index is 2.41. The number of para-hydroxylation sites is 1. The molecule has 0 aromatic heterocycles. The van der Waals surface area contributed by atoms with Crippen molar-refractivity contribution >= 4 is 22.7 Å². The van der Waals surface area contributed by atoms with Gasteiger partial charge in [0.1, 0.15) is 0 Å². The molecule has 0 heterocycles. The Hall–Kier alpha value is -2.20. The molecule has 2 aromatic rings. The maximum Gasteiger partial charge on any atom is 0.0825 e. The van der Waals surface area contributed by atoms with E-state index in [9.17, 15) is 0 Å². The van der Waals surface area contributed by atoms with Crippen LogP contribution in [-0.4, -0.2) is 0 Å². The van der Waals surface area contributed by atoms with Gasteiger partial charge >= 0.3 is 0 Å². The molecule has 0 bridgehead atoms. The second-order valence-electron chi connectivity index (χ2n) is 3.52. The molecule has 0 aliphatic rings. The Labute approximate surface area is 94.2 Å². The molecular weight excluding hydrogens is 200 g/mol. The predicted octanol–water partition coefficient (Wildman–Crippen LogP) is 1.86. The van der Waals surface area contributed by atoms with Gasteiger partial charge in [-0.25, -0.2) is 5.84 Å². The molecule has 6 N–H and O–H groups in total. The molecular formula is C12H14N4. The number of anilines is 4. The average Bonchev–Trinajstić information content (AvgIpc) is 2.32. The van der Waals surface area contributed by atoms with Crippen molar-refractivity contribution in [3.63, 3.8) is 0 Å². The highest BCUT2D eigenvalue weighted by Gasteiger charge is 2.07. The van der Waals surface area contributed by atoms with E-state index < -0.39 is 0 Å². The highest BCUT2D eigenvalue weighted by atomic mass is 15.4. The SMILES string of the molecule is Nc1ccc(N)c(N(N)c2ccccc2)c1. The number of benzene rings is 2. The summed E-state index contributed by atoms with van der Waals surface area (Å²) in [6.45, 7) is 0. The Bertz CT molecular complexity index is 482. The normalized spacial score (nSPS) is 10.1. The largest absolute Gasteiger partial charge is 0.399 e. The van der Waals surface area contributed by atoms with E-state index in [0.29, 0.717) is 17.1 Å². The van der Waals surface area contributed by atoms with Crippen LogP contribution in [0.1, 0.15) is 0 Å². The topological polar surface area (TPSA) is 81.3 Å². The first kappa shape index (κ1) is 10.3. The molecule has 0 aliphatic heterocycles. The summed E-state index contributed by atoms with van der Waals surface area (Å²) in [5.74, 6) is 5.98. The quantitative estimate of drug-likeness (QED) is 0.405. The van der Waals surface area contributed by atoms with Gasteiger partial charge in [0.2, 0.25) is 0 Å². The zero-order chi connectivity index (χ0) is 11.5. The molecule has 0 fully saturated rings. The molecule has 2 rings (SSSR count). The smallest absolute Gasteiger partial charge is 0.0825 e. The van der Waals surface area contributed by atoms with Crippen molar-refractivity contribution in [1.82, 2.24) is 0 Å². The third kappa shape index (κ3) is 1.92. The van der Waals surface area contributed by atoms with E-state index in [-0.39, 0.29) is 0 Å². The average molecular weight is 214 g/mol. The summed E-state index contributed by atoms with van der Waals surface area (Å²) < 4.78 is 0. The fraction of sp³-hybridized carbons (Fsp3) is 0. The molecule has 0 aliphatic carbocycles. The van der Waals surface area contributed by atoms with Crippen LogP contribution in [0.3, 0.4) is 0 Å². The van der Waals surface area contributed by atoms with Crippen LogP contribution in [0.25, 0.3) is 0 Å². The van der Waals surface area contributed by atoms with E-state index in [4.69, 9.17) is 17.3 Å². The fourth-order valence-corrected chi connectivity index (χ4v) is 1.50. The number of hydrazine groups is 1. The fourth-order valence-electron chi connectivity index (χ4n) is 1.50. The molecule has 82 valence electrons. The van der Waals surface area contributed by atoms with Gasteiger partial charge in [0.15, 0.2) is 0 Å². The first-order chi connectivity index (χ1) is 7.68. The summed E-state index contributed by atoms with van der Waals surface area (Å²) in [6, 6.07) is 14.8. The summed E-state index contributed by atoms with van der Waals surface area (Å²) in [6.07, 6.45) is 0. The maximum absolute atomic E-state index is 5.98. The lowest BCUT2D eigenvalue weighted by molar-refractivity contribution is 1.09. The van der Waals surface area contributed by atoms with Crippen LogP contribution < -0.4 is 22.3 Å². The van der Waals surface area contributed by atoms with E-state index in [2.05, 4.69) is 0 Å². The molecule has 0 atom stereocenters. The molecule has 4 nitrogen and oxygen atoms in total. The van der Waals surface area contributed by atoms with Crippen LogP contribution in [0.4, 0.5) is 22.7 Å². The van der Waals surface area contributed by atoms with Crippen LogP contribution in [0.2, 0.25) is 0 Å². The van der Waals surface area contributed by atoms with Gasteiger partial charge < -0.3 is 11.5 Å². The molecule has 0 radical (unpaired) electrons. The lowest BCUT2D eigenvalue weighted by Crippen LogP contribution is -2.25. The molecule has 0 spiro atoms. The third-order valence-corrected chi connectivity index (χ3v) is 2.35. The van der Waals surface area contributed by atoms with Crippen molar-refractivity contribution in [3.8, 4) is 0 Å². The van der Waals surface area contributed by atoms with Gasteiger partial charge in [-0.15, -0.1) is 0 Å². The van der Waals surface area contributed by atoms with Gasteiger partial charge in [0.05, 0.1) is 17.1 Å². The molecule has 0 saturated carbocycles. The van der Waals surface area contributed by atoms with Gasteiger partial charge in [0.25, 0.3) is 0 Å².